The molecule has 0 atom stereocenters. The predicted molar refractivity (Wildman–Crippen MR) is 108 cm³/mol. The first-order valence-electron chi connectivity index (χ1n) is 8.90. The second-order valence-corrected chi connectivity index (χ2v) is 7.28. The van der Waals surface area contributed by atoms with Crippen LogP contribution in [0.2, 0.25) is 0 Å². The maximum Gasteiger partial charge on any atom is 0.277 e. The van der Waals surface area contributed by atoms with Gasteiger partial charge in [0.1, 0.15) is 5.69 Å². The topological polar surface area (TPSA) is 76.9 Å². The SMILES string of the molecule is CCCCn1nc(C(=O)Nc2nc(-c3ccc(C)c(C)c3)cs2)ccc1=O. The van der Waals surface area contributed by atoms with E-state index in [1.54, 1.807) is 0 Å². The number of unbranched alkanes of at least 4 members (excludes halogenated alkanes) is 1. The zero-order chi connectivity index (χ0) is 19.4. The van der Waals surface area contributed by atoms with Gasteiger partial charge in [-0.15, -0.1) is 11.3 Å². The number of nitrogens with zero attached hydrogens (tertiary/aromatic N) is 3. The van der Waals surface area contributed by atoms with Crippen molar-refractivity contribution in [3.8, 4) is 11.3 Å². The fraction of sp³-hybridized carbons (Fsp3) is 0.300. The van der Waals surface area contributed by atoms with Gasteiger partial charge in [0.15, 0.2) is 5.13 Å². The minimum Gasteiger partial charge on any atom is -0.296 e. The molecule has 1 aromatic carbocycles. The summed E-state index contributed by atoms with van der Waals surface area (Å²) in [6.45, 7) is 6.67. The van der Waals surface area contributed by atoms with Crippen molar-refractivity contribution < 1.29 is 4.79 Å². The quantitative estimate of drug-likeness (QED) is 0.698. The number of nitrogens with one attached hydrogen (secondary N) is 1. The standard InChI is InChI=1S/C20H22N4O2S/c1-4-5-10-24-18(25)9-8-16(23-24)19(26)22-20-21-17(12-27-20)15-7-6-13(2)14(3)11-15/h6-9,11-12H,4-5,10H2,1-3H3,(H,21,22,26). The largest absolute Gasteiger partial charge is 0.296 e. The molecule has 0 radical (unpaired) electrons. The number of carbonyl (C=O) groups is 1. The van der Waals surface area contributed by atoms with Crippen molar-refractivity contribution >= 4 is 22.4 Å². The van der Waals surface area contributed by atoms with E-state index in [0.29, 0.717) is 11.7 Å². The monoisotopic (exact) mass is 382 g/mol. The van der Waals surface area contributed by atoms with Gasteiger partial charge < -0.3 is 0 Å². The molecular weight excluding hydrogens is 360 g/mol. The Morgan fingerprint density at radius 2 is 2.00 bits per heavy atom. The summed E-state index contributed by atoms with van der Waals surface area (Å²) >= 11 is 1.36. The summed E-state index contributed by atoms with van der Waals surface area (Å²) in [4.78, 5) is 28.8. The van der Waals surface area contributed by atoms with Crippen LogP contribution in [0, 0.1) is 13.8 Å². The van der Waals surface area contributed by atoms with E-state index in [-0.39, 0.29) is 17.2 Å². The van der Waals surface area contributed by atoms with Gasteiger partial charge >= 0.3 is 0 Å². The fourth-order valence-corrected chi connectivity index (χ4v) is 3.28. The fourth-order valence-electron chi connectivity index (χ4n) is 2.56. The van der Waals surface area contributed by atoms with Crippen LogP contribution in [0.5, 0.6) is 0 Å². The molecule has 0 saturated heterocycles. The third-order valence-corrected chi connectivity index (χ3v) is 5.11. The van der Waals surface area contributed by atoms with Crippen molar-refractivity contribution in [1.29, 1.82) is 0 Å². The third kappa shape index (κ3) is 4.49. The maximum atomic E-state index is 12.5. The lowest BCUT2D eigenvalue weighted by Crippen LogP contribution is -2.26. The minimum absolute atomic E-state index is 0.202. The zero-order valence-corrected chi connectivity index (χ0v) is 16.5. The number of aryl methyl sites for hydroxylation is 3. The van der Waals surface area contributed by atoms with E-state index in [0.717, 1.165) is 24.1 Å². The molecule has 0 spiro atoms. The van der Waals surface area contributed by atoms with E-state index in [1.165, 1.54) is 39.3 Å². The average molecular weight is 382 g/mol. The van der Waals surface area contributed by atoms with Crippen molar-refractivity contribution in [2.75, 3.05) is 5.32 Å². The molecule has 0 aliphatic carbocycles. The Morgan fingerprint density at radius 3 is 2.74 bits per heavy atom. The van der Waals surface area contributed by atoms with Crippen LogP contribution >= 0.6 is 11.3 Å². The number of amides is 1. The van der Waals surface area contributed by atoms with Crippen LogP contribution in [0.15, 0.2) is 40.5 Å². The molecule has 1 N–H and O–H groups in total. The molecule has 0 fully saturated rings. The molecule has 7 heteroatoms. The number of anilines is 1. The summed E-state index contributed by atoms with van der Waals surface area (Å²) in [5.41, 5.74) is 4.26. The number of hydrogen-bond acceptors (Lipinski definition) is 5. The smallest absolute Gasteiger partial charge is 0.277 e. The highest BCUT2D eigenvalue weighted by atomic mass is 32.1. The Bertz CT molecular complexity index is 1020. The van der Waals surface area contributed by atoms with Crippen LogP contribution in [-0.2, 0) is 6.54 Å². The van der Waals surface area contributed by atoms with Crippen molar-refractivity contribution in [2.45, 2.75) is 40.2 Å². The van der Waals surface area contributed by atoms with Gasteiger partial charge in [-0.1, -0.05) is 25.5 Å². The summed E-state index contributed by atoms with van der Waals surface area (Å²) < 4.78 is 1.33. The molecule has 3 rings (SSSR count). The lowest BCUT2D eigenvalue weighted by atomic mass is 10.1. The molecule has 0 unspecified atom stereocenters. The molecule has 2 aromatic heterocycles. The van der Waals surface area contributed by atoms with Crippen molar-refractivity contribution in [3.05, 3.63) is 62.9 Å². The highest BCUT2D eigenvalue weighted by molar-refractivity contribution is 7.14. The van der Waals surface area contributed by atoms with Gasteiger partial charge in [-0.25, -0.2) is 9.67 Å². The van der Waals surface area contributed by atoms with Crippen LogP contribution in [0.3, 0.4) is 0 Å². The summed E-state index contributed by atoms with van der Waals surface area (Å²) in [5, 5.41) is 9.34. The molecule has 0 aliphatic rings. The van der Waals surface area contributed by atoms with Crippen LogP contribution in [0.25, 0.3) is 11.3 Å². The lowest BCUT2D eigenvalue weighted by molar-refractivity contribution is 0.101. The highest BCUT2D eigenvalue weighted by Gasteiger charge is 2.13. The number of carbonyl (C=O) groups excluding carboxylic acids is 1. The summed E-state index contributed by atoms with van der Waals surface area (Å²) in [6.07, 6.45) is 1.79. The van der Waals surface area contributed by atoms with E-state index in [1.807, 2.05) is 18.4 Å². The van der Waals surface area contributed by atoms with E-state index >= 15 is 0 Å². The van der Waals surface area contributed by atoms with E-state index in [9.17, 15) is 9.59 Å². The van der Waals surface area contributed by atoms with Gasteiger partial charge in [-0.2, -0.15) is 5.10 Å². The van der Waals surface area contributed by atoms with Crippen LogP contribution in [0.1, 0.15) is 41.4 Å². The van der Waals surface area contributed by atoms with Crippen LogP contribution in [-0.4, -0.2) is 20.7 Å². The van der Waals surface area contributed by atoms with Gasteiger partial charge in [0.25, 0.3) is 11.5 Å². The molecule has 27 heavy (non-hydrogen) atoms. The minimum atomic E-state index is -0.374. The molecule has 0 saturated carbocycles. The summed E-state index contributed by atoms with van der Waals surface area (Å²) in [5.74, 6) is -0.374. The Labute approximate surface area is 161 Å². The van der Waals surface area contributed by atoms with E-state index in [4.69, 9.17) is 0 Å². The first-order chi connectivity index (χ1) is 13.0. The molecule has 6 nitrogen and oxygen atoms in total. The lowest BCUT2D eigenvalue weighted by Gasteiger charge is -2.06. The Morgan fingerprint density at radius 1 is 1.19 bits per heavy atom. The molecule has 0 bridgehead atoms. The Kier molecular flexibility index (Phi) is 5.81. The third-order valence-electron chi connectivity index (χ3n) is 4.35. The maximum absolute atomic E-state index is 12.5. The normalized spacial score (nSPS) is 10.8. The van der Waals surface area contributed by atoms with Gasteiger partial charge in [0.2, 0.25) is 0 Å². The Balaban J connectivity index is 1.76. The number of rotatable bonds is 6. The second kappa shape index (κ2) is 8.26. The van der Waals surface area contributed by atoms with Crippen LogP contribution in [0.4, 0.5) is 5.13 Å². The summed E-state index contributed by atoms with van der Waals surface area (Å²) in [7, 11) is 0. The van der Waals surface area contributed by atoms with Crippen molar-refractivity contribution in [1.82, 2.24) is 14.8 Å². The van der Waals surface area contributed by atoms with Crippen LogP contribution < -0.4 is 10.9 Å². The zero-order valence-electron chi connectivity index (χ0n) is 15.7. The van der Waals surface area contributed by atoms with E-state index in [2.05, 4.69) is 41.4 Å². The molecule has 140 valence electrons. The van der Waals surface area contributed by atoms with Gasteiger partial charge in [-0.3, -0.25) is 14.9 Å². The van der Waals surface area contributed by atoms with Crippen molar-refractivity contribution in [2.24, 2.45) is 0 Å². The Hall–Kier alpha value is -2.80. The molecule has 3 aromatic rings. The molecular formula is C20H22N4O2S. The number of hydrogen-bond donors (Lipinski definition) is 1. The number of aromatic nitrogens is 3. The second-order valence-electron chi connectivity index (χ2n) is 6.42. The van der Waals surface area contributed by atoms with Gasteiger partial charge in [0, 0.05) is 23.6 Å². The molecule has 0 aliphatic heterocycles. The first kappa shape index (κ1) is 19.0. The number of thiazole rings is 1. The number of benzene rings is 1. The van der Waals surface area contributed by atoms with E-state index < -0.39 is 0 Å². The predicted octanol–water partition coefficient (Wildman–Crippen LogP) is 4.04. The van der Waals surface area contributed by atoms with Gasteiger partial charge in [-0.05, 0) is 43.5 Å². The highest BCUT2D eigenvalue weighted by Crippen LogP contribution is 2.26. The first-order valence-corrected chi connectivity index (χ1v) is 9.78. The molecule has 2 heterocycles. The summed E-state index contributed by atoms with van der Waals surface area (Å²) in [6, 6.07) is 8.99. The average Bonchev–Trinajstić information content (AvgIpc) is 3.11. The molecule has 1 amide bonds. The van der Waals surface area contributed by atoms with Crippen molar-refractivity contribution in [3.63, 3.8) is 0 Å². The van der Waals surface area contributed by atoms with Gasteiger partial charge in [0.05, 0.1) is 5.69 Å².